The normalized spacial score (nSPS) is 11.7. The number of anilines is 1. The SMILES string of the molecule is CS(=O)(=O)O.Nc1ncc(-c2ccc3ncc(-c4ccc(C[n+]5ccccc5)cc4)n3n2)cc1C(F)(F)F. The number of pyridine rings is 2. The number of nitrogens with two attached hydrogens (primary N) is 1. The zero-order valence-corrected chi connectivity index (χ0v) is 20.7. The van der Waals surface area contributed by atoms with Crippen molar-refractivity contribution in [3.05, 3.63) is 96.6 Å². The van der Waals surface area contributed by atoms with Gasteiger partial charge in [-0.05, 0) is 18.2 Å². The van der Waals surface area contributed by atoms with E-state index in [4.69, 9.17) is 10.3 Å². The van der Waals surface area contributed by atoms with Crippen LogP contribution in [-0.4, -0.2) is 38.8 Å². The van der Waals surface area contributed by atoms with Gasteiger partial charge in [-0.1, -0.05) is 30.3 Å². The third kappa shape index (κ3) is 6.69. The van der Waals surface area contributed by atoms with Crippen LogP contribution in [0, 0.1) is 0 Å². The fraction of sp³-hybridized carbons (Fsp3) is 0.120. The van der Waals surface area contributed by atoms with Gasteiger partial charge in [-0.2, -0.15) is 26.7 Å². The van der Waals surface area contributed by atoms with Gasteiger partial charge in [0.15, 0.2) is 24.6 Å². The predicted molar refractivity (Wildman–Crippen MR) is 134 cm³/mol. The highest BCUT2D eigenvalue weighted by Crippen LogP contribution is 2.35. The highest BCUT2D eigenvalue weighted by molar-refractivity contribution is 7.85. The van der Waals surface area contributed by atoms with Gasteiger partial charge in [-0.3, -0.25) is 4.55 Å². The molecule has 1 aromatic carbocycles. The first-order valence-electron chi connectivity index (χ1n) is 11.0. The number of fused-ring (bicyclic) bond motifs is 1. The molecule has 0 atom stereocenters. The summed E-state index contributed by atoms with van der Waals surface area (Å²) in [6, 6.07) is 18.2. The van der Waals surface area contributed by atoms with Crippen molar-refractivity contribution in [1.82, 2.24) is 19.6 Å². The van der Waals surface area contributed by atoms with E-state index >= 15 is 0 Å². The molecule has 0 saturated carbocycles. The maximum Gasteiger partial charge on any atom is 0.419 e. The maximum atomic E-state index is 13.2. The van der Waals surface area contributed by atoms with Crippen molar-refractivity contribution in [2.75, 3.05) is 12.0 Å². The van der Waals surface area contributed by atoms with Crippen LogP contribution in [0.3, 0.4) is 0 Å². The summed E-state index contributed by atoms with van der Waals surface area (Å²) in [5, 5.41) is 4.53. The number of benzene rings is 1. The van der Waals surface area contributed by atoms with Crippen molar-refractivity contribution in [1.29, 1.82) is 0 Å². The third-order valence-electron chi connectivity index (χ3n) is 5.27. The largest absolute Gasteiger partial charge is 0.419 e. The Morgan fingerprint density at radius 2 is 1.63 bits per heavy atom. The molecule has 0 aliphatic carbocycles. The lowest BCUT2D eigenvalue weighted by Gasteiger charge is -2.11. The number of nitrogens with zero attached hydrogens (tertiary/aromatic N) is 5. The smallest absolute Gasteiger partial charge is 0.383 e. The van der Waals surface area contributed by atoms with Crippen molar-refractivity contribution in [3.63, 3.8) is 0 Å². The number of hydrogen-bond donors (Lipinski definition) is 2. The Bertz CT molecular complexity index is 1660. The van der Waals surface area contributed by atoms with Crippen molar-refractivity contribution >= 4 is 21.6 Å². The molecule has 0 spiro atoms. The van der Waals surface area contributed by atoms with Gasteiger partial charge in [0.1, 0.15) is 5.82 Å². The second kappa shape index (κ2) is 10.6. The highest BCUT2D eigenvalue weighted by Gasteiger charge is 2.34. The molecule has 196 valence electrons. The first-order valence-corrected chi connectivity index (χ1v) is 12.9. The second-order valence-electron chi connectivity index (χ2n) is 8.26. The summed E-state index contributed by atoms with van der Waals surface area (Å²) in [4.78, 5) is 8.08. The highest BCUT2D eigenvalue weighted by atomic mass is 32.2. The van der Waals surface area contributed by atoms with Crippen molar-refractivity contribution < 1.29 is 30.7 Å². The molecule has 0 amide bonds. The van der Waals surface area contributed by atoms with Gasteiger partial charge in [0.05, 0.1) is 29.4 Å². The molecule has 5 rings (SSSR count). The molecule has 0 aliphatic rings. The van der Waals surface area contributed by atoms with Crippen molar-refractivity contribution in [2.45, 2.75) is 12.7 Å². The zero-order valence-electron chi connectivity index (χ0n) is 19.9. The quantitative estimate of drug-likeness (QED) is 0.260. The van der Waals surface area contributed by atoms with Crippen LogP contribution in [0.15, 0.2) is 85.5 Å². The van der Waals surface area contributed by atoms with Gasteiger partial charge >= 0.3 is 6.18 Å². The van der Waals surface area contributed by atoms with E-state index in [0.717, 1.165) is 29.4 Å². The first-order chi connectivity index (χ1) is 17.9. The van der Waals surface area contributed by atoms with Crippen LogP contribution in [0.1, 0.15) is 11.1 Å². The van der Waals surface area contributed by atoms with E-state index in [1.165, 1.54) is 6.20 Å². The summed E-state index contributed by atoms with van der Waals surface area (Å²) < 4.78 is 69.3. The molecule has 0 radical (unpaired) electrons. The molecule has 4 heterocycles. The number of halogens is 3. The summed E-state index contributed by atoms with van der Waals surface area (Å²) >= 11 is 0. The van der Waals surface area contributed by atoms with Gasteiger partial charge < -0.3 is 5.73 Å². The van der Waals surface area contributed by atoms with Crippen molar-refractivity contribution in [3.8, 4) is 22.5 Å². The standard InChI is InChI=1S/C24H18F3N6.CH4O3S/c25-24(26,27)19-12-18(13-30-23(19)28)20-8-9-22-29-14-21(33(22)31-20)17-6-4-16(5-7-17)15-32-10-2-1-3-11-32;1-5(2,3)4/h1-14H,15H2,(H2,28,30);1H3,(H,2,3,4)/q+1;. The Morgan fingerprint density at radius 1 is 0.974 bits per heavy atom. The number of alkyl halides is 3. The van der Waals surface area contributed by atoms with Crippen LogP contribution in [0.5, 0.6) is 0 Å². The van der Waals surface area contributed by atoms with E-state index in [9.17, 15) is 21.6 Å². The molecule has 3 N–H and O–H groups in total. The Balaban J connectivity index is 0.000000617. The molecule has 13 heteroatoms. The number of nitrogen functional groups attached to an aromatic ring is 1. The van der Waals surface area contributed by atoms with E-state index in [2.05, 4.69) is 19.6 Å². The number of imidazole rings is 1. The van der Waals surface area contributed by atoms with Crippen LogP contribution in [-0.2, 0) is 22.8 Å². The summed E-state index contributed by atoms with van der Waals surface area (Å²) in [5.41, 5.74) is 8.31. The minimum Gasteiger partial charge on any atom is -0.383 e. The van der Waals surface area contributed by atoms with E-state index in [0.29, 0.717) is 17.6 Å². The predicted octanol–water partition coefficient (Wildman–Crippen LogP) is 3.90. The van der Waals surface area contributed by atoms with Gasteiger partial charge in [0, 0.05) is 35.0 Å². The Labute approximate surface area is 215 Å². The van der Waals surface area contributed by atoms with Crippen molar-refractivity contribution in [2.24, 2.45) is 0 Å². The Hall–Kier alpha value is -4.36. The molecule has 0 bridgehead atoms. The molecular formula is C25H22F3N6O3S+. The van der Waals surface area contributed by atoms with Gasteiger partial charge in [0.25, 0.3) is 10.1 Å². The van der Waals surface area contributed by atoms with Crippen LogP contribution in [0.2, 0.25) is 0 Å². The van der Waals surface area contributed by atoms with Gasteiger partial charge in [0.2, 0.25) is 0 Å². The summed E-state index contributed by atoms with van der Waals surface area (Å²) in [7, 11) is -3.67. The number of hydrogen-bond acceptors (Lipinski definition) is 6. The molecular weight excluding hydrogens is 521 g/mol. The molecule has 9 nitrogen and oxygen atoms in total. The van der Waals surface area contributed by atoms with E-state index in [1.807, 2.05) is 54.9 Å². The summed E-state index contributed by atoms with van der Waals surface area (Å²) in [6.07, 6.45) is 3.09. The van der Waals surface area contributed by atoms with Crippen LogP contribution < -0.4 is 10.3 Å². The van der Waals surface area contributed by atoms with Crippen LogP contribution >= 0.6 is 0 Å². The van der Waals surface area contributed by atoms with E-state index < -0.39 is 27.7 Å². The number of rotatable bonds is 4. The Kier molecular flexibility index (Phi) is 7.41. The molecule has 0 unspecified atom stereocenters. The molecule has 0 fully saturated rings. The fourth-order valence-corrected chi connectivity index (χ4v) is 3.60. The summed E-state index contributed by atoms with van der Waals surface area (Å²) in [5.74, 6) is -0.565. The minimum absolute atomic E-state index is 0.216. The summed E-state index contributed by atoms with van der Waals surface area (Å²) in [6.45, 7) is 0.738. The average molecular weight is 544 g/mol. The molecule has 0 saturated heterocycles. The second-order valence-corrected chi connectivity index (χ2v) is 9.73. The average Bonchev–Trinajstić information content (AvgIpc) is 3.27. The first kappa shape index (κ1) is 26.7. The lowest BCUT2D eigenvalue weighted by atomic mass is 10.1. The molecule has 4 aromatic heterocycles. The fourth-order valence-electron chi connectivity index (χ4n) is 3.60. The molecule has 0 aliphatic heterocycles. The zero-order chi connectivity index (χ0) is 27.5. The lowest BCUT2D eigenvalue weighted by molar-refractivity contribution is -0.688. The topological polar surface area (TPSA) is 127 Å². The van der Waals surface area contributed by atoms with Gasteiger partial charge in [-0.15, -0.1) is 0 Å². The molecule has 5 aromatic rings. The lowest BCUT2D eigenvalue weighted by Crippen LogP contribution is -2.32. The van der Waals surface area contributed by atoms with Crippen LogP contribution in [0.25, 0.3) is 28.2 Å². The minimum atomic E-state index is -4.60. The maximum absolute atomic E-state index is 13.2. The number of aromatic nitrogens is 5. The van der Waals surface area contributed by atoms with E-state index in [1.54, 1.807) is 22.8 Å². The Morgan fingerprint density at radius 3 is 2.26 bits per heavy atom. The van der Waals surface area contributed by atoms with Gasteiger partial charge in [-0.25, -0.2) is 19.1 Å². The monoisotopic (exact) mass is 543 g/mol. The third-order valence-corrected chi connectivity index (χ3v) is 5.27. The molecule has 38 heavy (non-hydrogen) atoms. The van der Waals surface area contributed by atoms with Crippen LogP contribution in [0.4, 0.5) is 19.0 Å². The van der Waals surface area contributed by atoms with E-state index in [-0.39, 0.29) is 5.56 Å².